The summed E-state index contributed by atoms with van der Waals surface area (Å²) < 4.78 is 16.3. The molecule has 9 heteroatoms. The number of amides is 1. The Bertz CT molecular complexity index is 1010. The molecule has 0 bridgehead atoms. The first-order valence-electron chi connectivity index (χ1n) is 8.11. The van der Waals surface area contributed by atoms with Gasteiger partial charge in [-0.2, -0.15) is 0 Å². The second-order valence-corrected chi connectivity index (χ2v) is 5.62. The smallest absolute Gasteiger partial charge is 0.291 e. The van der Waals surface area contributed by atoms with E-state index in [-0.39, 0.29) is 23.7 Å². The molecule has 1 aromatic heterocycles. The van der Waals surface area contributed by atoms with Crippen molar-refractivity contribution in [2.45, 2.75) is 6.61 Å². The van der Waals surface area contributed by atoms with Gasteiger partial charge in [-0.25, -0.2) is 0 Å². The van der Waals surface area contributed by atoms with Gasteiger partial charge in [0, 0.05) is 6.07 Å². The number of nitro groups is 1. The SMILES string of the molecule is COc1ccccc1OCc1ccc(C(=O)Nc2ccc([N+](=O)[O-])cc2O)o1. The van der Waals surface area contributed by atoms with Crippen molar-refractivity contribution in [3.63, 3.8) is 0 Å². The van der Waals surface area contributed by atoms with Crippen LogP contribution in [0.15, 0.2) is 59.0 Å². The summed E-state index contributed by atoms with van der Waals surface area (Å²) in [6.45, 7) is 0.0798. The summed E-state index contributed by atoms with van der Waals surface area (Å²) in [7, 11) is 1.53. The van der Waals surface area contributed by atoms with Crippen LogP contribution in [0.2, 0.25) is 0 Å². The van der Waals surface area contributed by atoms with Gasteiger partial charge in [-0.1, -0.05) is 12.1 Å². The number of phenolic OH excluding ortho intramolecular Hbond substituents is 1. The van der Waals surface area contributed by atoms with Crippen LogP contribution in [0.3, 0.4) is 0 Å². The molecular formula is C19H16N2O7. The molecule has 0 atom stereocenters. The molecule has 0 aliphatic rings. The third kappa shape index (κ3) is 4.21. The van der Waals surface area contributed by atoms with Crippen molar-refractivity contribution in [1.82, 2.24) is 0 Å². The number of nitrogens with one attached hydrogen (secondary N) is 1. The van der Waals surface area contributed by atoms with E-state index < -0.39 is 16.6 Å². The highest BCUT2D eigenvalue weighted by molar-refractivity contribution is 6.03. The molecule has 1 heterocycles. The van der Waals surface area contributed by atoms with Gasteiger partial charge < -0.3 is 24.3 Å². The fourth-order valence-electron chi connectivity index (χ4n) is 2.39. The second-order valence-electron chi connectivity index (χ2n) is 5.62. The van der Waals surface area contributed by atoms with E-state index in [0.717, 1.165) is 6.07 Å². The van der Waals surface area contributed by atoms with Crippen molar-refractivity contribution >= 4 is 17.3 Å². The molecule has 0 aliphatic carbocycles. The molecule has 28 heavy (non-hydrogen) atoms. The van der Waals surface area contributed by atoms with E-state index in [0.29, 0.717) is 17.3 Å². The van der Waals surface area contributed by atoms with Gasteiger partial charge in [0.2, 0.25) is 0 Å². The third-order valence-corrected chi connectivity index (χ3v) is 3.76. The molecule has 0 saturated heterocycles. The second kappa shape index (κ2) is 8.12. The van der Waals surface area contributed by atoms with Crippen molar-refractivity contribution in [2.75, 3.05) is 12.4 Å². The minimum Gasteiger partial charge on any atom is -0.506 e. The minimum atomic E-state index is -0.647. The Morgan fingerprint density at radius 3 is 2.61 bits per heavy atom. The largest absolute Gasteiger partial charge is 0.506 e. The summed E-state index contributed by atoms with van der Waals surface area (Å²) in [6.07, 6.45) is 0. The van der Waals surface area contributed by atoms with Crippen molar-refractivity contribution < 1.29 is 28.7 Å². The monoisotopic (exact) mass is 384 g/mol. The highest BCUT2D eigenvalue weighted by atomic mass is 16.6. The maximum Gasteiger partial charge on any atom is 0.291 e. The lowest BCUT2D eigenvalue weighted by Crippen LogP contribution is -2.11. The molecule has 0 unspecified atom stereocenters. The Balaban J connectivity index is 1.65. The number of aromatic hydroxyl groups is 1. The van der Waals surface area contributed by atoms with Gasteiger partial charge in [0.15, 0.2) is 17.3 Å². The number of carbonyl (C=O) groups excluding carboxylic acids is 1. The number of rotatable bonds is 7. The van der Waals surface area contributed by atoms with E-state index in [1.54, 1.807) is 24.3 Å². The number of nitro benzene ring substituents is 1. The van der Waals surface area contributed by atoms with Gasteiger partial charge in [0.25, 0.3) is 11.6 Å². The quantitative estimate of drug-likeness (QED) is 0.361. The number of non-ortho nitro benzene ring substituents is 1. The van der Waals surface area contributed by atoms with Crippen LogP contribution in [0.25, 0.3) is 0 Å². The number of benzene rings is 2. The zero-order valence-electron chi connectivity index (χ0n) is 14.7. The molecule has 0 spiro atoms. The molecule has 3 aromatic rings. The first kappa shape index (κ1) is 18.8. The van der Waals surface area contributed by atoms with Crippen LogP contribution in [0, 0.1) is 10.1 Å². The zero-order valence-corrected chi connectivity index (χ0v) is 14.7. The average Bonchev–Trinajstić information content (AvgIpc) is 3.17. The number of nitrogens with zero attached hydrogens (tertiary/aromatic N) is 1. The van der Waals surface area contributed by atoms with Gasteiger partial charge in [0.1, 0.15) is 18.1 Å². The van der Waals surface area contributed by atoms with Gasteiger partial charge >= 0.3 is 0 Å². The number of carbonyl (C=O) groups is 1. The average molecular weight is 384 g/mol. The van der Waals surface area contributed by atoms with E-state index in [9.17, 15) is 20.0 Å². The van der Waals surface area contributed by atoms with Gasteiger partial charge in [0.05, 0.1) is 23.8 Å². The highest BCUT2D eigenvalue weighted by Crippen LogP contribution is 2.29. The van der Waals surface area contributed by atoms with Gasteiger partial charge in [-0.05, 0) is 30.3 Å². The van der Waals surface area contributed by atoms with Gasteiger partial charge in [-0.15, -0.1) is 0 Å². The molecule has 1 amide bonds. The summed E-state index contributed by atoms with van der Waals surface area (Å²) in [5, 5.41) is 22.9. The molecule has 144 valence electrons. The lowest BCUT2D eigenvalue weighted by molar-refractivity contribution is -0.384. The fraction of sp³-hybridized carbons (Fsp3) is 0.105. The van der Waals surface area contributed by atoms with E-state index >= 15 is 0 Å². The summed E-state index contributed by atoms with van der Waals surface area (Å²) in [5.74, 6) is 0.464. The number of phenols is 1. The van der Waals surface area contributed by atoms with Gasteiger partial charge in [-0.3, -0.25) is 14.9 Å². The number of anilines is 1. The van der Waals surface area contributed by atoms with Crippen LogP contribution in [-0.2, 0) is 6.61 Å². The van der Waals surface area contributed by atoms with Crippen LogP contribution >= 0.6 is 0 Å². The lowest BCUT2D eigenvalue weighted by Gasteiger charge is -2.09. The Morgan fingerprint density at radius 1 is 1.18 bits per heavy atom. The standard InChI is InChI=1S/C19H16N2O7/c1-26-16-4-2-3-5-17(16)27-11-13-7-9-18(28-13)19(23)20-14-8-6-12(21(24)25)10-15(14)22/h2-10,22H,11H2,1H3,(H,20,23). The third-order valence-electron chi connectivity index (χ3n) is 3.76. The van der Waals surface area contributed by atoms with E-state index in [1.165, 1.54) is 25.3 Å². The van der Waals surface area contributed by atoms with Crippen LogP contribution < -0.4 is 14.8 Å². The predicted molar refractivity (Wildman–Crippen MR) is 98.7 cm³/mol. The Labute approximate surface area is 159 Å². The number of hydrogen-bond acceptors (Lipinski definition) is 7. The molecule has 0 saturated carbocycles. The van der Waals surface area contributed by atoms with E-state index in [4.69, 9.17) is 13.9 Å². The van der Waals surface area contributed by atoms with Crippen LogP contribution in [-0.4, -0.2) is 23.0 Å². The Morgan fingerprint density at radius 2 is 1.93 bits per heavy atom. The molecule has 0 fully saturated rings. The number of methoxy groups -OCH3 is 1. The summed E-state index contributed by atoms with van der Waals surface area (Å²) in [5.41, 5.74) is -0.261. The predicted octanol–water partition coefficient (Wildman–Crippen LogP) is 3.73. The molecule has 2 N–H and O–H groups in total. The number of furan rings is 1. The van der Waals surface area contributed by atoms with Crippen LogP contribution in [0.5, 0.6) is 17.2 Å². The fourth-order valence-corrected chi connectivity index (χ4v) is 2.39. The molecule has 0 aliphatic heterocycles. The summed E-state index contributed by atoms with van der Waals surface area (Å²) in [6, 6.07) is 13.5. The normalized spacial score (nSPS) is 10.3. The maximum atomic E-state index is 12.3. The number of hydrogen-bond donors (Lipinski definition) is 2. The molecule has 9 nitrogen and oxygen atoms in total. The van der Waals surface area contributed by atoms with E-state index in [1.807, 2.05) is 6.07 Å². The number of ether oxygens (including phenoxy) is 2. The van der Waals surface area contributed by atoms with Crippen molar-refractivity contribution in [1.29, 1.82) is 0 Å². The van der Waals surface area contributed by atoms with Crippen molar-refractivity contribution in [2.24, 2.45) is 0 Å². The Kier molecular flexibility index (Phi) is 5.45. The summed E-state index contributed by atoms with van der Waals surface area (Å²) in [4.78, 5) is 22.3. The molecule has 0 radical (unpaired) electrons. The lowest BCUT2D eigenvalue weighted by atomic mass is 10.2. The summed E-state index contributed by atoms with van der Waals surface area (Å²) >= 11 is 0. The Hall–Kier alpha value is -4.01. The van der Waals surface area contributed by atoms with Crippen LogP contribution in [0.1, 0.15) is 16.3 Å². The first-order valence-corrected chi connectivity index (χ1v) is 8.11. The maximum absolute atomic E-state index is 12.3. The molecule has 3 rings (SSSR count). The van der Waals surface area contributed by atoms with Crippen molar-refractivity contribution in [3.05, 3.63) is 76.2 Å². The van der Waals surface area contributed by atoms with E-state index in [2.05, 4.69) is 5.32 Å². The minimum absolute atomic E-state index is 0.00335. The topological polar surface area (TPSA) is 124 Å². The molecular weight excluding hydrogens is 368 g/mol. The zero-order chi connectivity index (χ0) is 20.1. The van der Waals surface area contributed by atoms with Crippen molar-refractivity contribution in [3.8, 4) is 17.2 Å². The first-order chi connectivity index (χ1) is 13.5. The molecule has 2 aromatic carbocycles. The van der Waals surface area contributed by atoms with Crippen LogP contribution in [0.4, 0.5) is 11.4 Å². The number of para-hydroxylation sites is 2. The highest BCUT2D eigenvalue weighted by Gasteiger charge is 2.16.